The third-order valence-corrected chi connectivity index (χ3v) is 4.36. The first kappa shape index (κ1) is 23.9. The van der Waals surface area contributed by atoms with Crippen LogP contribution in [0.15, 0.2) is 47.5 Å². The minimum atomic E-state index is -2.92. The number of hydrogen-bond acceptors (Lipinski definition) is 4. The summed E-state index contributed by atoms with van der Waals surface area (Å²) >= 11 is 0. The fourth-order valence-electron chi connectivity index (χ4n) is 2.61. The Kier molecular flexibility index (Phi) is 9.05. The second kappa shape index (κ2) is 11.7. The van der Waals surface area contributed by atoms with Gasteiger partial charge in [-0.05, 0) is 35.9 Å². The van der Waals surface area contributed by atoms with Crippen molar-refractivity contribution in [1.82, 2.24) is 10.6 Å². The normalized spacial score (nSPS) is 11.4. The Hall–Kier alpha value is -3.36. The van der Waals surface area contributed by atoms with Crippen LogP contribution in [0.2, 0.25) is 0 Å². The number of anilines is 1. The van der Waals surface area contributed by atoms with Crippen LogP contribution in [0.5, 0.6) is 11.5 Å². The van der Waals surface area contributed by atoms with E-state index in [0.29, 0.717) is 23.8 Å². The quantitative estimate of drug-likeness (QED) is 0.414. The van der Waals surface area contributed by atoms with Crippen LogP contribution >= 0.6 is 0 Å². The summed E-state index contributed by atoms with van der Waals surface area (Å²) in [7, 11) is 3.11. The van der Waals surface area contributed by atoms with Crippen molar-refractivity contribution in [2.24, 2.45) is 10.9 Å². The highest BCUT2D eigenvalue weighted by atomic mass is 19.3. The highest BCUT2D eigenvalue weighted by Crippen LogP contribution is 2.25. The monoisotopic (exact) mass is 434 g/mol. The van der Waals surface area contributed by atoms with E-state index in [1.807, 2.05) is 38.1 Å². The SMILES string of the molecule is CN=C(NCc1ccc(NC(=O)C(C)C)cc1)NCc1cc(OC)ccc1OC(F)F. The minimum absolute atomic E-state index is 0.0387. The van der Waals surface area contributed by atoms with Crippen LogP contribution in [-0.4, -0.2) is 32.6 Å². The number of benzene rings is 2. The van der Waals surface area contributed by atoms with E-state index in [-0.39, 0.29) is 24.1 Å². The fourth-order valence-corrected chi connectivity index (χ4v) is 2.61. The van der Waals surface area contributed by atoms with Crippen LogP contribution in [0.1, 0.15) is 25.0 Å². The third-order valence-electron chi connectivity index (χ3n) is 4.36. The van der Waals surface area contributed by atoms with E-state index < -0.39 is 6.61 Å². The largest absolute Gasteiger partial charge is 0.497 e. The molecule has 0 aliphatic carbocycles. The Bertz CT molecular complexity index is 887. The lowest BCUT2D eigenvalue weighted by atomic mass is 10.1. The van der Waals surface area contributed by atoms with Crippen molar-refractivity contribution in [2.75, 3.05) is 19.5 Å². The van der Waals surface area contributed by atoms with Crippen molar-refractivity contribution in [2.45, 2.75) is 33.5 Å². The average molecular weight is 434 g/mol. The van der Waals surface area contributed by atoms with Gasteiger partial charge in [0.25, 0.3) is 0 Å². The van der Waals surface area contributed by atoms with Gasteiger partial charge in [0, 0.05) is 37.3 Å². The minimum Gasteiger partial charge on any atom is -0.497 e. The van der Waals surface area contributed by atoms with E-state index >= 15 is 0 Å². The van der Waals surface area contributed by atoms with Crippen LogP contribution in [0, 0.1) is 5.92 Å². The maximum Gasteiger partial charge on any atom is 0.387 e. The summed E-state index contributed by atoms with van der Waals surface area (Å²) in [5.41, 5.74) is 2.22. The molecule has 0 fully saturated rings. The number of carbonyl (C=O) groups is 1. The molecule has 0 atom stereocenters. The lowest BCUT2D eigenvalue weighted by Crippen LogP contribution is -2.36. The van der Waals surface area contributed by atoms with Crippen molar-refractivity contribution in [3.63, 3.8) is 0 Å². The molecule has 0 spiro atoms. The van der Waals surface area contributed by atoms with Gasteiger partial charge in [-0.2, -0.15) is 8.78 Å². The smallest absolute Gasteiger partial charge is 0.387 e. The lowest BCUT2D eigenvalue weighted by molar-refractivity contribution is -0.118. The number of halogens is 2. The van der Waals surface area contributed by atoms with Gasteiger partial charge in [0.15, 0.2) is 5.96 Å². The standard InChI is InChI=1S/C22H28F2N4O3/c1-14(2)20(29)28-17-7-5-15(6-8-17)12-26-22(25-3)27-13-16-11-18(30-4)9-10-19(16)31-21(23)24/h5-11,14,21H,12-13H2,1-4H3,(H,28,29)(H2,25,26,27). The first-order chi connectivity index (χ1) is 14.8. The van der Waals surface area contributed by atoms with E-state index in [9.17, 15) is 13.6 Å². The summed E-state index contributed by atoms with van der Waals surface area (Å²) in [6.07, 6.45) is 0. The molecule has 7 nitrogen and oxygen atoms in total. The van der Waals surface area contributed by atoms with Crippen LogP contribution in [0.4, 0.5) is 14.5 Å². The van der Waals surface area contributed by atoms with Gasteiger partial charge >= 0.3 is 6.61 Å². The number of nitrogens with zero attached hydrogens (tertiary/aromatic N) is 1. The number of hydrogen-bond donors (Lipinski definition) is 3. The molecule has 2 rings (SSSR count). The van der Waals surface area contributed by atoms with E-state index in [2.05, 4.69) is 25.7 Å². The number of nitrogens with one attached hydrogen (secondary N) is 3. The molecule has 31 heavy (non-hydrogen) atoms. The molecular weight excluding hydrogens is 406 g/mol. The zero-order chi connectivity index (χ0) is 22.8. The number of aliphatic imine (C=N–C) groups is 1. The van der Waals surface area contributed by atoms with Gasteiger partial charge in [0.05, 0.1) is 7.11 Å². The average Bonchev–Trinajstić information content (AvgIpc) is 2.75. The first-order valence-electron chi connectivity index (χ1n) is 9.78. The topological polar surface area (TPSA) is 84.0 Å². The maximum atomic E-state index is 12.7. The van der Waals surface area contributed by atoms with Crippen molar-refractivity contribution in [3.8, 4) is 11.5 Å². The number of guanidine groups is 1. The van der Waals surface area contributed by atoms with Gasteiger partial charge in [0.1, 0.15) is 11.5 Å². The molecule has 168 valence electrons. The lowest BCUT2D eigenvalue weighted by Gasteiger charge is -2.15. The van der Waals surface area contributed by atoms with Crippen molar-refractivity contribution in [3.05, 3.63) is 53.6 Å². The predicted molar refractivity (Wildman–Crippen MR) is 117 cm³/mol. The van der Waals surface area contributed by atoms with Gasteiger partial charge in [-0.15, -0.1) is 0 Å². The summed E-state index contributed by atoms with van der Waals surface area (Å²) in [5, 5.41) is 9.07. The molecule has 9 heteroatoms. The Labute approximate surface area is 180 Å². The molecule has 0 aromatic heterocycles. The molecule has 0 aliphatic rings. The number of rotatable bonds is 9. The Morgan fingerprint density at radius 3 is 2.32 bits per heavy atom. The third kappa shape index (κ3) is 7.76. The molecule has 0 unspecified atom stereocenters. The molecule has 0 heterocycles. The molecule has 0 aliphatic heterocycles. The molecule has 0 radical (unpaired) electrons. The Morgan fingerprint density at radius 1 is 1.06 bits per heavy atom. The van der Waals surface area contributed by atoms with Crippen LogP contribution in [0.3, 0.4) is 0 Å². The molecule has 0 saturated heterocycles. The number of methoxy groups -OCH3 is 1. The number of amides is 1. The van der Waals surface area contributed by atoms with Crippen LogP contribution in [0.25, 0.3) is 0 Å². The van der Waals surface area contributed by atoms with Gasteiger partial charge in [-0.3, -0.25) is 9.79 Å². The number of ether oxygens (including phenoxy) is 2. The second-order valence-corrected chi connectivity index (χ2v) is 6.97. The predicted octanol–water partition coefficient (Wildman–Crippen LogP) is 3.76. The van der Waals surface area contributed by atoms with E-state index in [1.54, 1.807) is 19.2 Å². The van der Waals surface area contributed by atoms with E-state index in [4.69, 9.17) is 4.74 Å². The highest BCUT2D eigenvalue weighted by molar-refractivity contribution is 5.92. The molecule has 2 aromatic rings. The summed E-state index contributed by atoms with van der Waals surface area (Å²) < 4.78 is 35.1. The van der Waals surface area contributed by atoms with Crippen LogP contribution < -0.4 is 25.4 Å². The molecule has 1 amide bonds. The summed E-state index contributed by atoms with van der Waals surface area (Å²) in [6.45, 7) is 1.44. The fraction of sp³-hybridized carbons (Fsp3) is 0.364. The van der Waals surface area contributed by atoms with E-state index in [0.717, 1.165) is 11.3 Å². The van der Waals surface area contributed by atoms with Gasteiger partial charge in [-0.1, -0.05) is 26.0 Å². The van der Waals surface area contributed by atoms with Gasteiger partial charge in [0.2, 0.25) is 5.91 Å². The summed E-state index contributed by atoms with van der Waals surface area (Å²) in [4.78, 5) is 15.9. The molecule has 0 saturated carbocycles. The molecular formula is C22H28F2N4O3. The first-order valence-corrected chi connectivity index (χ1v) is 9.78. The highest BCUT2D eigenvalue weighted by Gasteiger charge is 2.12. The summed E-state index contributed by atoms with van der Waals surface area (Å²) in [6, 6.07) is 12.1. The summed E-state index contributed by atoms with van der Waals surface area (Å²) in [5.74, 6) is 0.960. The van der Waals surface area contributed by atoms with Gasteiger partial charge in [-0.25, -0.2) is 0 Å². The van der Waals surface area contributed by atoms with Crippen molar-refractivity contribution >= 4 is 17.6 Å². The number of alkyl halides is 2. The molecule has 2 aromatic carbocycles. The van der Waals surface area contributed by atoms with Crippen LogP contribution in [-0.2, 0) is 17.9 Å². The second-order valence-electron chi connectivity index (χ2n) is 6.97. The molecule has 0 bridgehead atoms. The Morgan fingerprint density at radius 2 is 1.74 bits per heavy atom. The number of carbonyl (C=O) groups excluding carboxylic acids is 1. The zero-order valence-corrected chi connectivity index (χ0v) is 18.0. The Balaban J connectivity index is 1.94. The van der Waals surface area contributed by atoms with Gasteiger partial charge < -0.3 is 25.4 Å². The molecule has 3 N–H and O–H groups in total. The maximum absolute atomic E-state index is 12.7. The van der Waals surface area contributed by atoms with E-state index in [1.165, 1.54) is 13.2 Å². The van der Waals surface area contributed by atoms with Crippen molar-refractivity contribution in [1.29, 1.82) is 0 Å². The van der Waals surface area contributed by atoms with Crippen molar-refractivity contribution < 1.29 is 23.0 Å². The zero-order valence-electron chi connectivity index (χ0n) is 18.0.